The minimum Gasteiger partial charge on any atom is -0.492 e. The summed E-state index contributed by atoms with van der Waals surface area (Å²) in [6.45, 7) is 4.13. The fourth-order valence-corrected chi connectivity index (χ4v) is 3.74. The fraction of sp³-hybridized carbons (Fsp3) is 0.600. The number of nitrogens with zero attached hydrogens (tertiary/aromatic N) is 3. The van der Waals surface area contributed by atoms with E-state index in [1.165, 1.54) is 32.4 Å². The van der Waals surface area contributed by atoms with Gasteiger partial charge < -0.3 is 14.0 Å². The van der Waals surface area contributed by atoms with E-state index in [0.29, 0.717) is 18.1 Å². The van der Waals surface area contributed by atoms with E-state index in [1.54, 1.807) is 7.11 Å². The lowest BCUT2D eigenvalue weighted by Crippen LogP contribution is -2.41. The Bertz CT molecular complexity index is 698. The van der Waals surface area contributed by atoms with E-state index in [0.717, 1.165) is 37.3 Å². The molecule has 4 rings (SSSR count). The summed E-state index contributed by atoms with van der Waals surface area (Å²) >= 11 is 0. The molecule has 1 aromatic heterocycles. The first-order valence-corrected chi connectivity index (χ1v) is 9.60. The smallest absolute Gasteiger partial charge is 0.229 e. The first kappa shape index (κ1) is 17.5. The largest absolute Gasteiger partial charge is 0.492 e. The van der Waals surface area contributed by atoms with Crippen LogP contribution in [0.4, 0.5) is 0 Å². The molecular formula is C20H27N3O3. The molecule has 0 unspecified atom stereocenters. The van der Waals surface area contributed by atoms with Gasteiger partial charge in [-0.25, -0.2) is 0 Å². The van der Waals surface area contributed by atoms with E-state index >= 15 is 0 Å². The third kappa shape index (κ3) is 3.91. The van der Waals surface area contributed by atoms with Gasteiger partial charge in [-0.3, -0.25) is 4.90 Å². The number of methoxy groups -OCH3 is 1. The molecule has 0 amide bonds. The van der Waals surface area contributed by atoms with E-state index in [1.807, 2.05) is 24.3 Å². The highest BCUT2D eigenvalue weighted by Crippen LogP contribution is 2.37. The maximum Gasteiger partial charge on any atom is 0.229 e. The minimum atomic E-state index is -0.100. The highest BCUT2D eigenvalue weighted by atomic mass is 16.5. The summed E-state index contributed by atoms with van der Waals surface area (Å²) in [4.78, 5) is 6.98. The minimum absolute atomic E-state index is 0.100. The van der Waals surface area contributed by atoms with Gasteiger partial charge in [0.2, 0.25) is 11.7 Å². The van der Waals surface area contributed by atoms with Gasteiger partial charge in [0.25, 0.3) is 0 Å². The van der Waals surface area contributed by atoms with Crippen LogP contribution in [0.2, 0.25) is 0 Å². The van der Waals surface area contributed by atoms with Crippen LogP contribution in [0.25, 0.3) is 11.4 Å². The molecule has 0 N–H and O–H groups in total. The Hall–Kier alpha value is -1.92. The fourth-order valence-electron chi connectivity index (χ4n) is 3.74. The second-order valence-corrected chi connectivity index (χ2v) is 7.35. The SMILES string of the molecule is COC1(Cc2nc(-c3ccc(OCCN4CCCC4)cc3)no2)CCC1. The number of rotatable bonds is 8. The third-order valence-electron chi connectivity index (χ3n) is 5.63. The van der Waals surface area contributed by atoms with Crippen molar-refractivity contribution in [2.24, 2.45) is 0 Å². The van der Waals surface area contributed by atoms with Gasteiger partial charge in [-0.05, 0) is 69.5 Å². The average molecular weight is 357 g/mol. The lowest BCUT2D eigenvalue weighted by Gasteiger charge is -2.39. The van der Waals surface area contributed by atoms with Gasteiger partial charge in [-0.15, -0.1) is 0 Å². The normalized spacial score (nSPS) is 19.4. The van der Waals surface area contributed by atoms with Crippen LogP contribution < -0.4 is 4.74 Å². The van der Waals surface area contributed by atoms with Gasteiger partial charge >= 0.3 is 0 Å². The zero-order chi connectivity index (χ0) is 17.8. The topological polar surface area (TPSA) is 60.6 Å². The highest BCUT2D eigenvalue weighted by Gasteiger charge is 2.38. The van der Waals surface area contributed by atoms with E-state index in [2.05, 4.69) is 15.0 Å². The Labute approximate surface area is 154 Å². The van der Waals surface area contributed by atoms with Crippen LogP contribution in [-0.4, -0.2) is 54.0 Å². The van der Waals surface area contributed by atoms with Crippen LogP contribution in [0.5, 0.6) is 5.75 Å². The summed E-state index contributed by atoms with van der Waals surface area (Å²) in [5.41, 5.74) is 0.837. The van der Waals surface area contributed by atoms with Crippen LogP contribution >= 0.6 is 0 Å². The number of benzene rings is 1. The first-order chi connectivity index (χ1) is 12.8. The van der Waals surface area contributed by atoms with Crippen molar-refractivity contribution >= 4 is 0 Å². The zero-order valence-electron chi connectivity index (χ0n) is 15.4. The Morgan fingerprint density at radius 1 is 1.12 bits per heavy atom. The Balaban J connectivity index is 1.31. The summed E-state index contributed by atoms with van der Waals surface area (Å²) in [6, 6.07) is 7.90. The van der Waals surface area contributed by atoms with Gasteiger partial charge in [0.1, 0.15) is 12.4 Å². The predicted octanol–water partition coefficient (Wildman–Crippen LogP) is 3.32. The molecule has 0 radical (unpaired) electrons. The Kier molecular flexibility index (Phi) is 5.22. The summed E-state index contributed by atoms with van der Waals surface area (Å²) in [5.74, 6) is 2.14. The molecule has 1 aliphatic heterocycles. The quantitative estimate of drug-likeness (QED) is 0.722. The second-order valence-electron chi connectivity index (χ2n) is 7.35. The molecule has 26 heavy (non-hydrogen) atoms. The maximum absolute atomic E-state index is 5.84. The number of ether oxygens (including phenoxy) is 2. The van der Waals surface area contributed by atoms with Crippen LogP contribution in [-0.2, 0) is 11.2 Å². The van der Waals surface area contributed by atoms with Gasteiger partial charge in [0.05, 0.1) is 12.0 Å². The first-order valence-electron chi connectivity index (χ1n) is 9.60. The molecular weight excluding hydrogens is 330 g/mol. The molecule has 2 aromatic rings. The average Bonchev–Trinajstić information content (AvgIpc) is 3.31. The van der Waals surface area contributed by atoms with Crippen LogP contribution in [0.3, 0.4) is 0 Å². The summed E-state index contributed by atoms with van der Waals surface area (Å²) in [7, 11) is 1.76. The summed E-state index contributed by atoms with van der Waals surface area (Å²) in [5, 5.41) is 4.12. The van der Waals surface area contributed by atoms with Crippen LogP contribution in [0.15, 0.2) is 28.8 Å². The van der Waals surface area contributed by atoms with E-state index < -0.39 is 0 Å². The van der Waals surface area contributed by atoms with Crippen molar-refractivity contribution in [1.82, 2.24) is 15.0 Å². The lowest BCUT2D eigenvalue weighted by molar-refractivity contribution is -0.0751. The highest BCUT2D eigenvalue weighted by molar-refractivity contribution is 5.55. The molecule has 0 spiro atoms. The molecule has 6 nitrogen and oxygen atoms in total. The second kappa shape index (κ2) is 7.76. The van der Waals surface area contributed by atoms with Crippen molar-refractivity contribution in [3.8, 4) is 17.1 Å². The van der Waals surface area contributed by atoms with E-state index in [-0.39, 0.29) is 5.60 Å². The molecule has 1 saturated heterocycles. The molecule has 2 heterocycles. The molecule has 0 bridgehead atoms. The molecule has 0 atom stereocenters. The van der Waals surface area contributed by atoms with Crippen molar-refractivity contribution < 1.29 is 14.0 Å². The summed E-state index contributed by atoms with van der Waals surface area (Å²) < 4.78 is 16.9. The Morgan fingerprint density at radius 3 is 2.54 bits per heavy atom. The number of hydrogen-bond donors (Lipinski definition) is 0. The summed E-state index contributed by atoms with van der Waals surface area (Å²) in [6.07, 6.45) is 6.64. The molecule has 140 valence electrons. The molecule has 6 heteroatoms. The Morgan fingerprint density at radius 2 is 1.88 bits per heavy atom. The van der Waals surface area contributed by atoms with Crippen LogP contribution in [0, 0.1) is 0 Å². The van der Waals surface area contributed by atoms with Gasteiger partial charge in [0, 0.05) is 19.2 Å². The van der Waals surface area contributed by atoms with Gasteiger partial charge in [0.15, 0.2) is 0 Å². The standard InChI is InChI=1S/C20H27N3O3/c1-24-20(9-4-10-20)15-18-21-19(22-26-18)16-5-7-17(8-6-16)25-14-13-23-11-2-3-12-23/h5-8H,2-4,9-15H2,1H3. The van der Waals surface area contributed by atoms with E-state index in [4.69, 9.17) is 14.0 Å². The van der Waals surface area contributed by atoms with Crippen molar-refractivity contribution in [1.29, 1.82) is 0 Å². The van der Waals surface area contributed by atoms with Crippen molar-refractivity contribution in [2.45, 2.75) is 44.1 Å². The van der Waals surface area contributed by atoms with Crippen molar-refractivity contribution in [2.75, 3.05) is 33.4 Å². The molecule has 1 aromatic carbocycles. The monoisotopic (exact) mass is 357 g/mol. The van der Waals surface area contributed by atoms with Crippen LogP contribution in [0.1, 0.15) is 38.0 Å². The molecule has 2 fully saturated rings. The third-order valence-corrected chi connectivity index (χ3v) is 5.63. The molecule has 1 saturated carbocycles. The molecule has 2 aliphatic rings. The van der Waals surface area contributed by atoms with Gasteiger partial charge in [-0.1, -0.05) is 5.16 Å². The maximum atomic E-state index is 5.84. The zero-order valence-corrected chi connectivity index (χ0v) is 15.4. The number of aromatic nitrogens is 2. The van der Waals surface area contributed by atoms with Crippen molar-refractivity contribution in [3.05, 3.63) is 30.2 Å². The number of likely N-dealkylation sites (tertiary alicyclic amines) is 1. The lowest BCUT2D eigenvalue weighted by atomic mass is 9.77. The predicted molar refractivity (Wildman–Crippen MR) is 98.2 cm³/mol. The van der Waals surface area contributed by atoms with E-state index in [9.17, 15) is 0 Å². The van der Waals surface area contributed by atoms with Crippen molar-refractivity contribution in [3.63, 3.8) is 0 Å². The van der Waals surface area contributed by atoms with Gasteiger partial charge in [-0.2, -0.15) is 4.98 Å². The molecule has 1 aliphatic carbocycles. The number of hydrogen-bond acceptors (Lipinski definition) is 6.